The molecular weight excluding hydrogens is 426 g/mol. The molecule has 2 N–H and O–H groups in total. The van der Waals surface area contributed by atoms with Crippen LogP contribution in [-0.4, -0.2) is 48.7 Å². The molecule has 1 aliphatic heterocycles. The van der Waals surface area contributed by atoms with E-state index in [0.717, 1.165) is 40.6 Å². The molecule has 0 aliphatic carbocycles. The van der Waals surface area contributed by atoms with E-state index in [1.54, 1.807) is 11.1 Å². The summed E-state index contributed by atoms with van der Waals surface area (Å²) in [5.41, 5.74) is 2.42. The smallest absolute Gasteiger partial charge is 0.322 e. The average molecular weight is 446 g/mol. The van der Waals surface area contributed by atoms with E-state index in [4.69, 9.17) is 0 Å². The molecular formula is C21H20F2N4O3S. The molecule has 0 unspecified atom stereocenters. The summed E-state index contributed by atoms with van der Waals surface area (Å²) in [5.74, 6) is 0. The number of carbonyl (C=O) groups is 1. The van der Waals surface area contributed by atoms with E-state index in [2.05, 4.69) is 15.3 Å². The number of alkyl halides is 2. The lowest BCUT2D eigenvalue weighted by molar-refractivity contribution is 0.148. The maximum absolute atomic E-state index is 13.3. The maximum Gasteiger partial charge on any atom is 0.322 e. The maximum atomic E-state index is 13.3. The van der Waals surface area contributed by atoms with E-state index < -0.39 is 32.8 Å². The van der Waals surface area contributed by atoms with Crippen LogP contribution < -0.4 is 5.32 Å². The number of sulfone groups is 1. The molecule has 0 saturated carbocycles. The molecule has 0 radical (unpaired) electrons. The first-order valence-corrected chi connectivity index (χ1v) is 11.4. The van der Waals surface area contributed by atoms with Gasteiger partial charge in [-0.3, -0.25) is 0 Å². The Morgan fingerprint density at radius 1 is 1.29 bits per heavy atom. The number of nitrogens with one attached hydrogen (secondary N) is 2. The molecule has 162 valence electrons. The Labute approximate surface area is 177 Å². The van der Waals surface area contributed by atoms with Crippen molar-refractivity contribution in [1.29, 1.82) is 0 Å². The quantitative estimate of drug-likeness (QED) is 0.627. The zero-order chi connectivity index (χ0) is 22.2. The lowest BCUT2D eigenvalue weighted by Gasteiger charge is -2.27. The highest BCUT2D eigenvalue weighted by molar-refractivity contribution is 7.90. The summed E-state index contributed by atoms with van der Waals surface area (Å²) in [6.45, 7) is 0.810. The number of pyridine rings is 1. The van der Waals surface area contributed by atoms with Gasteiger partial charge in [0, 0.05) is 53.9 Å². The molecule has 0 atom stereocenters. The van der Waals surface area contributed by atoms with Gasteiger partial charge in [0.25, 0.3) is 6.43 Å². The van der Waals surface area contributed by atoms with Crippen LogP contribution in [0.25, 0.3) is 16.6 Å². The summed E-state index contributed by atoms with van der Waals surface area (Å²) in [6.07, 6.45) is 4.09. The molecule has 7 nitrogen and oxygen atoms in total. The van der Waals surface area contributed by atoms with Crippen molar-refractivity contribution < 1.29 is 22.0 Å². The van der Waals surface area contributed by atoms with Gasteiger partial charge < -0.3 is 15.2 Å². The number of benzene rings is 1. The van der Waals surface area contributed by atoms with Crippen LogP contribution in [0.3, 0.4) is 0 Å². The molecule has 1 aliphatic rings. The van der Waals surface area contributed by atoms with Gasteiger partial charge in [-0.25, -0.2) is 27.0 Å². The Balaban J connectivity index is 1.49. The summed E-state index contributed by atoms with van der Waals surface area (Å²) in [6, 6.07) is 6.81. The standard InChI is InChI=1S/C21H20F2N4O3S/c1-31(29,30)18-5-4-14(11-16(18)19(22)23)26-21(28)27-9-6-13(7-10-27)17-12-25-20-15(17)3-2-8-24-20/h2-6,8,11-12,19H,7,9-10H2,1H3,(H,24,25)(H,26,28). The highest BCUT2D eigenvalue weighted by Crippen LogP contribution is 2.30. The highest BCUT2D eigenvalue weighted by Gasteiger charge is 2.23. The summed E-state index contributed by atoms with van der Waals surface area (Å²) in [5, 5.41) is 3.59. The minimum atomic E-state index is -3.81. The molecule has 1 aromatic carbocycles. The van der Waals surface area contributed by atoms with Crippen molar-refractivity contribution in [2.24, 2.45) is 0 Å². The van der Waals surface area contributed by atoms with E-state index in [0.29, 0.717) is 19.5 Å². The normalized spacial score (nSPS) is 14.7. The Bertz CT molecular complexity index is 1280. The molecule has 3 heterocycles. The number of aromatic amines is 1. The van der Waals surface area contributed by atoms with E-state index >= 15 is 0 Å². The van der Waals surface area contributed by atoms with Crippen molar-refractivity contribution in [3.63, 3.8) is 0 Å². The molecule has 2 amide bonds. The van der Waals surface area contributed by atoms with Crippen molar-refractivity contribution in [1.82, 2.24) is 14.9 Å². The summed E-state index contributed by atoms with van der Waals surface area (Å²) >= 11 is 0. The van der Waals surface area contributed by atoms with Gasteiger partial charge in [0.2, 0.25) is 0 Å². The molecule has 2 aromatic heterocycles. The van der Waals surface area contributed by atoms with Gasteiger partial charge in [0.15, 0.2) is 9.84 Å². The fourth-order valence-corrected chi connectivity index (χ4v) is 4.55. The van der Waals surface area contributed by atoms with Gasteiger partial charge in [-0.15, -0.1) is 0 Å². The Morgan fingerprint density at radius 2 is 2.10 bits per heavy atom. The van der Waals surface area contributed by atoms with Crippen LogP contribution in [0.2, 0.25) is 0 Å². The number of halogens is 2. The van der Waals surface area contributed by atoms with Crippen LogP contribution in [0.1, 0.15) is 24.0 Å². The summed E-state index contributed by atoms with van der Waals surface area (Å²) in [4.78, 5) is 21.1. The third kappa shape index (κ3) is 4.29. The fourth-order valence-electron chi connectivity index (χ4n) is 3.66. The first-order chi connectivity index (χ1) is 14.7. The van der Waals surface area contributed by atoms with Crippen LogP contribution in [0.4, 0.5) is 19.3 Å². The van der Waals surface area contributed by atoms with Gasteiger partial charge in [0.1, 0.15) is 5.65 Å². The predicted molar refractivity (Wildman–Crippen MR) is 114 cm³/mol. The lowest BCUT2D eigenvalue weighted by atomic mass is 10.00. The van der Waals surface area contributed by atoms with Crippen molar-refractivity contribution in [2.75, 3.05) is 24.7 Å². The van der Waals surface area contributed by atoms with Gasteiger partial charge >= 0.3 is 6.03 Å². The number of amides is 2. The highest BCUT2D eigenvalue weighted by atomic mass is 32.2. The number of H-pyrrole nitrogens is 1. The first kappa shape index (κ1) is 21.0. The van der Waals surface area contributed by atoms with E-state index in [-0.39, 0.29) is 5.69 Å². The molecule has 0 bridgehead atoms. The molecule has 0 fully saturated rings. The molecule has 0 saturated heterocycles. The SMILES string of the molecule is CS(=O)(=O)c1ccc(NC(=O)N2CC=C(c3c[nH]c4ncccc34)CC2)cc1C(F)F. The van der Waals surface area contributed by atoms with Crippen molar-refractivity contribution in [3.05, 3.63) is 59.9 Å². The number of aromatic nitrogens is 2. The second kappa shape index (κ2) is 8.10. The number of anilines is 1. The molecule has 4 rings (SSSR count). The molecule has 10 heteroatoms. The number of rotatable bonds is 4. The Morgan fingerprint density at radius 3 is 2.77 bits per heavy atom. The second-order valence-electron chi connectivity index (χ2n) is 7.28. The number of hydrogen-bond acceptors (Lipinski definition) is 4. The van der Waals surface area contributed by atoms with Crippen molar-refractivity contribution >= 4 is 38.2 Å². The van der Waals surface area contributed by atoms with E-state index in [1.165, 1.54) is 6.07 Å². The predicted octanol–water partition coefficient (Wildman–Crippen LogP) is 4.23. The number of carbonyl (C=O) groups excluding carboxylic acids is 1. The Kier molecular flexibility index (Phi) is 5.48. The zero-order valence-corrected chi connectivity index (χ0v) is 17.4. The summed E-state index contributed by atoms with van der Waals surface area (Å²) in [7, 11) is -3.81. The Hall–Kier alpha value is -3.27. The minimum Gasteiger partial charge on any atom is -0.346 e. The third-order valence-electron chi connectivity index (χ3n) is 5.19. The van der Waals surface area contributed by atoms with Crippen LogP contribution in [0.5, 0.6) is 0 Å². The molecule has 31 heavy (non-hydrogen) atoms. The van der Waals surface area contributed by atoms with Gasteiger partial charge in [-0.1, -0.05) is 6.08 Å². The average Bonchev–Trinajstić information content (AvgIpc) is 3.17. The number of urea groups is 1. The van der Waals surface area contributed by atoms with Gasteiger partial charge in [-0.2, -0.15) is 0 Å². The minimum absolute atomic E-state index is 0.116. The largest absolute Gasteiger partial charge is 0.346 e. The van der Waals surface area contributed by atoms with Gasteiger partial charge in [-0.05, 0) is 42.3 Å². The van der Waals surface area contributed by atoms with Crippen LogP contribution >= 0.6 is 0 Å². The lowest BCUT2D eigenvalue weighted by Crippen LogP contribution is -2.37. The van der Waals surface area contributed by atoms with Crippen LogP contribution in [-0.2, 0) is 9.84 Å². The number of fused-ring (bicyclic) bond motifs is 1. The molecule has 0 spiro atoms. The topological polar surface area (TPSA) is 95.2 Å². The van der Waals surface area contributed by atoms with Crippen molar-refractivity contribution in [2.45, 2.75) is 17.7 Å². The van der Waals surface area contributed by atoms with E-state index in [9.17, 15) is 22.0 Å². The van der Waals surface area contributed by atoms with Gasteiger partial charge in [0.05, 0.1) is 4.90 Å². The molecule has 3 aromatic rings. The number of nitrogens with zero attached hydrogens (tertiary/aromatic N) is 2. The zero-order valence-electron chi connectivity index (χ0n) is 16.6. The third-order valence-corrected chi connectivity index (χ3v) is 6.36. The van der Waals surface area contributed by atoms with Crippen molar-refractivity contribution in [3.8, 4) is 0 Å². The van der Waals surface area contributed by atoms with E-state index in [1.807, 2.05) is 24.4 Å². The number of hydrogen-bond donors (Lipinski definition) is 2. The second-order valence-corrected chi connectivity index (χ2v) is 9.27. The monoisotopic (exact) mass is 446 g/mol. The van der Waals surface area contributed by atoms with Crippen LogP contribution in [0, 0.1) is 0 Å². The fraction of sp³-hybridized carbons (Fsp3) is 0.238. The first-order valence-electron chi connectivity index (χ1n) is 9.53. The summed E-state index contributed by atoms with van der Waals surface area (Å²) < 4.78 is 50.0. The van der Waals surface area contributed by atoms with Crippen LogP contribution in [0.15, 0.2) is 53.7 Å².